The largest absolute Gasteiger partial charge is 0.271 e. The molecule has 2 aromatic rings. The van der Waals surface area contributed by atoms with Gasteiger partial charge in [0.05, 0.1) is 16.9 Å². The molecule has 2 heterocycles. The molecule has 0 aliphatic carbocycles. The zero-order valence-corrected chi connectivity index (χ0v) is 12.9. The topological polar surface area (TPSA) is 81.7 Å². The number of aromatic nitrogens is 4. The van der Waals surface area contributed by atoms with E-state index in [1.54, 1.807) is 18.4 Å². The summed E-state index contributed by atoms with van der Waals surface area (Å²) in [6.07, 6.45) is 0.601. The Balaban J connectivity index is 2.16. The zero-order valence-electron chi connectivity index (χ0n) is 8.89. The van der Waals surface area contributed by atoms with Gasteiger partial charge in [0, 0.05) is 15.8 Å². The first-order valence-electron chi connectivity index (χ1n) is 4.74. The SMILES string of the molecule is Cn1nnc(CC(NN)c2cc(Br)c(Br)s2)n1. The maximum absolute atomic E-state index is 5.56. The molecule has 2 aromatic heterocycles. The molecule has 0 radical (unpaired) electrons. The molecule has 1 unspecified atom stereocenters. The van der Waals surface area contributed by atoms with Crippen LogP contribution in [0.1, 0.15) is 16.7 Å². The van der Waals surface area contributed by atoms with Crippen molar-refractivity contribution in [3.05, 3.63) is 25.0 Å². The number of hydrogen-bond donors (Lipinski definition) is 2. The smallest absolute Gasteiger partial charge is 0.176 e. The molecule has 0 amide bonds. The highest BCUT2D eigenvalue weighted by molar-refractivity contribution is 9.13. The van der Waals surface area contributed by atoms with Crippen LogP contribution in [-0.4, -0.2) is 20.2 Å². The van der Waals surface area contributed by atoms with Gasteiger partial charge < -0.3 is 0 Å². The van der Waals surface area contributed by atoms with Gasteiger partial charge in [-0.15, -0.1) is 21.5 Å². The van der Waals surface area contributed by atoms with Crippen LogP contribution in [0.2, 0.25) is 0 Å². The minimum absolute atomic E-state index is 0.0215. The first kappa shape index (κ1) is 13.1. The van der Waals surface area contributed by atoms with Crippen LogP contribution in [0.3, 0.4) is 0 Å². The molecule has 0 spiro atoms. The van der Waals surface area contributed by atoms with Gasteiger partial charge in [0.1, 0.15) is 0 Å². The summed E-state index contributed by atoms with van der Waals surface area (Å²) in [4.78, 5) is 2.54. The second-order valence-corrected chi connectivity index (χ2v) is 6.64. The molecule has 0 saturated heterocycles. The number of hydrogen-bond acceptors (Lipinski definition) is 6. The summed E-state index contributed by atoms with van der Waals surface area (Å²) < 4.78 is 2.06. The molecular weight excluding hydrogens is 372 g/mol. The lowest BCUT2D eigenvalue weighted by Gasteiger charge is -2.11. The number of hydrazine groups is 1. The van der Waals surface area contributed by atoms with Crippen molar-refractivity contribution in [2.24, 2.45) is 12.9 Å². The van der Waals surface area contributed by atoms with Crippen molar-refractivity contribution in [3.63, 3.8) is 0 Å². The highest BCUT2D eigenvalue weighted by Crippen LogP contribution is 2.35. The Labute approximate surface area is 119 Å². The summed E-state index contributed by atoms with van der Waals surface area (Å²) in [7, 11) is 1.74. The van der Waals surface area contributed by atoms with Crippen LogP contribution in [0.5, 0.6) is 0 Å². The quantitative estimate of drug-likeness (QED) is 0.620. The molecule has 0 aliphatic rings. The standard InChI is InChI=1S/C8H10Br2N6S/c1-16-14-7(13-15-16)3-5(12-11)6-2-4(9)8(10)17-6/h2,5,12H,3,11H2,1H3. The van der Waals surface area contributed by atoms with Crippen molar-refractivity contribution in [1.29, 1.82) is 0 Å². The third-order valence-corrected chi connectivity index (χ3v) is 5.52. The van der Waals surface area contributed by atoms with Crippen LogP contribution in [0, 0.1) is 0 Å². The first-order valence-corrected chi connectivity index (χ1v) is 7.14. The molecule has 3 N–H and O–H groups in total. The second kappa shape index (κ2) is 5.53. The summed E-state index contributed by atoms with van der Waals surface area (Å²) in [6.45, 7) is 0. The minimum Gasteiger partial charge on any atom is -0.271 e. The zero-order chi connectivity index (χ0) is 12.4. The number of nitrogens with one attached hydrogen (secondary N) is 1. The van der Waals surface area contributed by atoms with E-state index < -0.39 is 0 Å². The Morgan fingerprint density at radius 2 is 2.35 bits per heavy atom. The summed E-state index contributed by atoms with van der Waals surface area (Å²) in [5, 5.41) is 11.9. The van der Waals surface area contributed by atoms with E-state index in [9.17, 15) is 0 Å². The number of thiophene rings is 1. The lowest BCUT2D eigenvalue weighted by Crippen LogP contribution is -2.29. The van der Waals surface area contributed by atoms with Crippen LogP contribution in [0.15, 0.2) is 14.3 Å². The summed E-state index contributed by atoms with van der Waals surface area (Å²) >= 11 is 8.53. The van der Waals surface area contributed by atoms with Crippen LogP contribution >= 0.6 is 43.2 Å². The monoisotopic (exact) mass is 380 g/mol. The molecular formula is C8H10Br2N6S. The number of rotatable bonds is 4. The van der Waals surface area contributed by atoms with Crippen molar-refractivity contribution in [3.8, 4) is 0 Å². The van der Waals surface area contributed by atoms with E-state index in [1.165, 1.54) is 4.80 Å². The van der Waals surface area contributed by atoms with E-state index in [2.05, 4.69) is 52.7 Å². The number of aryl methyl sites for hydroxylation is 1. The number of nitrogens with zero attached hydrogens (tertiary/aromatic N) is 4. The maximum atomic E-state index is 5.56. The Morgan fingerprint density at radius 3 is 2.82 bits per heavy atom. The predicted molar refractivity (Wildman–Crippen MR) is 72.3 cm³/mol. The van der Waals surface area contributed by atoms with E-state index in [4.69, 9.17) is 5.84 Å². The highest BCUT2D eigenvalue weighted by Gasteiger charge is 2.17. The fourth-order valence-electron chi connectivity index (χ4n) is 1.36. The average Bonchev–Trinajstić information content (AvgIpc) is 2.83. The Morgan fingerprint density at radius 1 is 1.59 bits per heavy atom. The number of tetrazole rings is 1. The van der Waals surface area contributed by atoms with Crippen LogP contribution in [0.25, 0.3) is 0 Å². The second-order valence-electron chi connectivity index (χ2n) is 3.39. The van der Waals surface area contributed by atoms with Gasteiger partial charge in [-0.2, -0.15) is 4.80 Å². The van der Waals surface area contributed by atoms with Gasteiger partial charge in [-0.3, -0.25) is 11.3 Å². The molecule has 6 nitrogen and oxygen atoms in total. The van der Waals surface area contributed by atoms with Gasteiger partial charge in [-0.1, -0.05) is 0 Å². The van der Waals surface area contributed by atoms with E-state index in [0.717, 1.165) is 13.1 Å². The Bertz CT molecular complexity index is 490. The van der Waals surface area contributed by atoms with Gasteiger partial charge in [-0.25, -0.2) is 0 Å². The average molecular weight is 382 g/mol. The molecule has 0 fully saturated rings. The van der Waals surface area contributed by atoms with Crippen molar-refractivity contribution < 1.29 is 0 Å². The fraction of sp³-hybridized carbons (Fsp3) is 0.375. The normalized spacial score (nSPS) is 12.9. The molecule has 0 bridgehead atoms. The molecule has 17 heavy (non-hydrogen) atoms. The molecule has 0 aliphatic heterocycles. The van der Waals surface area contributed by atoms with Gasteiger partial charge in [0.25, 0.3) is 0 Å². The van der Waals surface area contributed by atoms with Crippen LogP contribution in [-0.2, 0) is 13.5 Å². The first-order chi connectivity index (χ1) is 8.10. The highest BCUT2D eigenvalue weighted by atomic mass is 79.9. The van der Waals surface area contributed by atoms with Gasteiger partial charge >= 0.3 is 0 Å². The third kappa shape index (κ3) is 3.10. The molecule has 92 valence electrons. The summed E-state index contributed by atoms with van der Waals surface area (Å²) in [6, 6.07) is 2.00. The third-order valence-electron chi connectivity index (χ3n) is 2.15. The number of halogens is 2. The maximum Gasteiger partial charge on any atom is 0.176 e. The molecule has 0 saturated carbocycles. The summed E-state index contributed by atoms with van der Waals surface area (Å²) in [5.41, 5.74) is 2.77. The lowest BCUT2D eigenvalue weighted by molar-refractivity contribution is 0.544. The van der Waals surface area contributed by atoms with E-state index in [1.807, 2.05) is 6.07 Å². The van der Waals surface area contributed by atoms with E-state index >= 15 is 0 Å². The van der Waals surface area contributed by atoms with Crippen molar-refractivity contribution in [2.75, 3.05) is 0 Å². The Hall–Kier alpha value is -0.350. The predicted octanol–water partition coefficient (Wildman–Crippen LogP) is 1.54. The molecule has 1 atom stereocenters. The van der Waals surface area contributed by atoms with Gasteiger partial charge in [0.2, 0.25) is 0 Å². The van der Waals surface area contributed by atoms with Crippen molar-refractivity contribution >= 4 is 43.2 Å². The minimum atomic E-state index is -0.0215. The van der Waals surface area contributed by atoms with E-state index in [-0.39, 0.29) is 6.04 Å². The van der Waals surface area contributed by atoms with Crippen molar-refractivity contribution in [1.82, 2.24) is 25.6 Å². The van der Waals surface area contributed by atoms with Crippen LogP contribution in [0.4, 0.5) is 0 Å². The van der Waals surface area contributed by atoms with Crippen LogP contribution < -0.4 is 11.3 Å². The molecule has 2 rings (SSSR count). The molecule has 0 aromatic carbocycles. The summed E-state index contributed by atoms with van der Waals surface area (Å²) in [5.74, 6) is 6.23. The molecule has 9 heteroatoms. The van der Waals surface area contributed by atoms with Crippen molar-refractivity contribution in [2.45, 2.75) is 12.5 Å². The Kier molecular flexibility index (Phi) is 4.26. The fourth-order valence-corrected chi connectivity index (χ4v) is 3.51. The lowest BCUT2D eigenvalue weighted by atomic mass is 10.2. The van der Waals surface area contributed by atoms with E-state index in [0.29, 0.717) is 12.2 Å². The van der Waals surface area contributed by atoms with Gasteiger partial charge in [0.15, 0.2) is 5.82 Å². The van der Waals surface area contributed by atoms with Gasteiger partial charge in [-0.05, 0) is 43.1 Å². The number of nitrogens with two attached hydrogens (primary N) is 1.